The number of nitrogens with one attached hydrogen (secondary N) is 1. The third-order valence-electron chi connectivity index (χ3n) is 3.39. The van der Waals surface area contributed by atoms with Crippen molar-refractivity contribution < 1.29 is 9.53 Å². The molecule has 2 aromatic carbocycles. The number of ether oxygens (including phenoxy) is 1. The summed E-state index contributed by atoms with van der Waals surface area (Å²) in [6, 6.07) is 10.4. The lowest BCUT2D eigenvalue weighted by Gasteiger charge is -2.13. The molecule has 122 valence electrons. The van der Waals surface area contributed by atoms with Crippen LogP contribution in [0.2, 0.25) is 10.0 Å². The van der Waals surface area contributed by atoms with Crippen LogP contribution >= 0.6 is 23.2 Å². The van der Waals surface area contributed by atoms with E-state index in [9.17, 15) is 4.79 Å². The Morgan fingerprint density at radius 2 is 1.83 bits per heavy atom. The fraction of sp³-hybridized carbons (Fsp3) is 0.278. The van der Waals surface area contributed by atoms with Crippen LogP contribution in [0.5, 0.6) is 5.75 Å². The van der Waals surface area contributed by atoms with E-state index in [2.05, 4.69) is 12.2 Å². The van der Waals surface area contributed by atoms with Gasteiger partial charge < -0.3 is 10.1 Å². The van der Waals surface area contributed by atoms with E-state index in [4.69, 9.17) is 27.9 Å². The lowest BCUT2D eigenvalue weighted by Crippen LogP contribution is -2.14. The third-order valence-corrected chi connectivity index (χ3v) is 3.86. The average molecular weight is 352 g/mol. The highest BCUT2D eigenvalue weighted by molar-refractivity contribution is 6.31. The molecule has 3 nitrogen and oxygen atoms in total. The van der Waals surface area contributed by atoms with Gasteiger partial charge in [-0.05, 0) is 49.2 Å². The van der Waals surface area contributed by atoms with Crippen LogP contribution < -0.4 is 10.1 Å². The molecular weight excluding hydrogens is 333 g/mol. The van der Waals surface area contributed by atoms with Gasteiger partial charge in [0.2, 0.25) is 0 Å². The maximum atomic E-state index is 12.6. The molecule has 0 saturated heterocycles. The molecule has 0 aliphatic rings. The van der Waals surface area contributed by atoms with Crippen molar-refractivity contribution in [3.63, 3.8) is 0 Å². The van der Waals surface area contributed by atoms with Gasteiger partial charge in [0.25, 0.3) is 5.91 Å². The maximum Gasteiger partial charge on any atom is 0.259 e. The summed E-state index contributed by atoms with van der Waals surface area (Å²) in [6.45, 7) is 4.55. The van der Waals surface area contributed by atoms with Crippen molar-refractivity contribution in [1.29, 1.82) is 0 Å². The summed E-state index contributed by atoms with van der Waals surface area (Å²) in [5.74, 6) is 0.254. The molecule has 0 aliphatic heterocycles. The van der Waals surface area contributed by atoms with Crippen LogP contribution in [0.3, 0.4) is 0 Å². The Labute approximate surface area is 146 Å². The zero-order chi connectivity index (χ0) is 16.8. The summed E-state index contributed by atoms with van der Waals surface area (Å²) in [4.78, 5) is 12.6. The van der Waals surface area contributed by atoms with E-state index in [-0.39, 0.29) is 5.91 Å². The average Bonchev–Trinajstić information content (AvgIpc) is 2.52. The summed E-state index contributed by atoms with van der Waals surface area (Å²) in [6.07, 6.45) is 1.95. The minimum atomic E-state index is -0.274. The molecule has 0 aromatic heterocycles. The lowest BCUT2D eigenvalue weighted by atomic mass is 10.1. The Morgan fingerprint density at radius 1 is 1.13 bits per heavy atom. The molecule has 0 atom stereocenters. The number of halogens is 2. The fourth-order valence-corrected chi connectivity index (χ4v) is 2.39. The first-order valence-corrected chi connectivity index (χ1v) is 8.26. The smallest absolute Gasteiger partial charge is 0.259 e. The van der Waals surface area contributed by atoms with Gasteiger partial charge in [-0.1, -0.05) is 42.6 Å². The van der Waals surface area contributed by atoms with Gasteiger partial charge in [0.15, 0.2) is 0 Å². The van der Waals surface area contributed by atoms with E-state index >= 15 is 0 Å². The number of carbonyl (C=O) groups excluding carboxylic acids is 1. The van der Waals surface area contributed by atoms with E-state index in [0.29, 0.717) is 33.7 Å². The molecule has 0 radical (unpaired) electrons. The van der Waals surface area contributed by atoms with E-state index in [1.807, 2.05) is 13.0 Å². The number of anilines is 1. The number of benzene rings is 2. The largest absolute Gasteiger partial charge is 0.493 e. The molecule has 1 amide bonds. The Hall–Kier alpha value is -1.71. The second kappa shape index (κ2) is 8.23. The third kappa shape index (κ3) is 4.88. The Bertz CT molecular complexity index is 701. The minimum Gasteiger partial charge on any atom is -0.493 e. The van der Waals surface area contributed by atoms with Gasteiger partial charge >= 0.3 is 0 Å². The molecule has 0 aliphatic carbocycles. The number of aryl methyl sites for hydroxylation is 1. The molecule has 2 aromatic rings. The lowest BCUT2D eigenvalue weighted by molar-refractivity contribution is 0.102. The predicted octanol–water partition coefficient (Wildman–Crippen LogP) is 5.73. The van der Waals surface area contributed by atoms with Crippen LogP contribution in [0, 0.1) is 6.92 Å². The molecule has 0 spiro atoms. The summed E-state index contributed by atoms with van der Waals surface area (Å²) in [7, 11) is 0. The molecule has 0 saturated carbocycles. The van der Waals surface area contributed by atoms with Crippen molar-refractivity contribution >= 4 is 34.8 Å². The van der Waals surface area contributed by atoms with E-state index in [1.54, 1.807) is 30.3 Å². The second-order valence-electron chi connectivity index (χ2n) is 5.26. The first-order chi connectivity index (χ1) is 11.0. The zero-order valence-electron chi connectivity index (χ0n) is 13.2. The van der Waals surface area contributed by atoms with Crippen molar-refractivity contribution in [3.8, 4) is 5.75 Å². The SMILES string of the molecule is CCCCOc1ccc(Cl)cc1C(=O)Nc1cc(Cl)ccc1C. The van der Waals surface area contributed by atoms with Crippen LogP contribution in [-0.2, 0) is 0 Å². The van der Waals surface area contributed by atoms with Crippen LogP contribution in [0.15, 0.2) is 36.4 Å². The quantitative estimate of drug-likeness (QED) is 0.674. The van der Waals surface area contributed by atoms with Gasteiger partial charge in [-0.2, -0.15) is 0 Å². The van der Waals surface area contributed by atoms with E-state index in [1.165, 1.54) is 0 Å². The molecule has 2 rings (SSSR count). The summed E-state index contributed by atoms with van der Waals surface area (Å²) in [5, 5.41) is 3.92. The summed E-state index contributed by atoms with van der Waals surface area (Å²) in [5.41, 5.74) is 2.01. The number of unbranched alkanes of at least 4 members (excludes halogenated alkanes) is 1. The Balaban J connectivity index is 2.23. The molecule has 0 fully saturated rings. The number of rotatable bonds is 6. The van der Waals surface area contributed by atoms with Crippen molar-refractivity contribution in [2.45, 2.75) is 26.7 Å². The molecular formula is C18H19Cl2NO2. The molecule has 5 heteroatoms. The standard InChI is InChI=1S/C18H19Cl2NO2/c1-3-4-9-23-17-8-7-13(19)10-15(17)18(22)21-16-11-14(20)6-5-12(16)2/h5-8,10-11H,3-4,9H2,1-2H3,(H,21,22). The van der Waals surface area contributed by atoms with Crippen LogP contribution in [0.1, 0.15) is 35.7 Å². The number of hydrogen-bond acceptors (Lipinski definition) is 2. The monoisotopic (exact) mass is 351 g/mol. The highest BCUT2D eigenvalue weighted by Crippen LogP contribution is 2.26. The second-order valence-corrected chi connectivity index (χ2v) is 6.13. The van der Waals surface area contributed by atoms with Crippen LogP contribution in [0.25, 0.3) is 0 Å². The molecule has 0 unspecified atom stereocenters. The molecule has 0 heterocycles. The maximum absolute atomic E-state index is 12.6. The minimum absolute atomic E-state index is 0.274. The highest BCUT2D eigenvalue weighted by atomic mass is 35.5. The van der Waals surface area contributed by atoms with E-state index < -0.39 is 0 Å². The Morgan fingerprint density at radius 3 is 2.57 bits per heavy atom. The van der Waals surface area contributed by atoms with Crippen molar-refractivity contribution in [2.75, 3.05) is 11.9 Å². The topological polar surface area (TPSA) is 38.3 Å². The van der Waals surface area contributed by atoms with Gasteiger partial charge in [-0.15, -0.1) is 0 Å². The van der Waals surface area contributed by atoms with Gasteiger partial charge in [-0.3, -0.25) is 4.79 Å². The van der Waals surface area contributed by atoms with E-state index in [0.717, 1.165) is 18.4 Å². The van der Waals surface area contributed by atoms with Crippen molar-refractivity contribution in [1.82, 2.24) is 0 Å². The first-order valence-electron chi connectivity index (χ1n) is 7.51. The van der Waals surface area contributed by atoms with Gasteiger partial charge in [0.1, 0.15) is 5.75 Å². The number of hydrogen-bond donors (Lipinski definition) is 1. The van der Waals surface area contributed by atoms with Crippen LogP contribution in [0.4, 0.5) is 5.69 Å². The van der Waals surface area contributed by atoms with Crippen molar-refractivity contribution in [2.24, 2.45) is 0 Å². The highest BCUT2D eigenvalue weighted by Gasteiger charge is 2.15. The van der Waals surface area contributed by atoms with Crippen LogP contribution in [-0.4, -0.2) is 12.5 Å². The predicted molar refractivity (Wildman–Crippen MR) is 96.0 cm³/mol. The first kappa shape index (κ1) is 17.6. The molecule has 1 N–H and O–H groups in total. The molecule has 0 bridgehead atoms. The fourth-order valence-electron chi connectivity index (χ4n) is 2.05. The summed E-state index contributed by atoms with van der Waals surface area (Å²) >= 11 is 12.0. The van der Waals surface area contributed by atoms with Gasteiger partial charge in [0.05, 0.1) is 12.2 Å². The Kier molecular flexibility index (Phi) is 6.31. The number of amides is 1. The summed E-state index contributed by atoms with van der Waals surface area (Å²) < 4.78 is 5.70. The zero-order valence-corrected chi connectivity index (χ0v) is 14.7. The van der Waals surface area contributed by atoms with Crippen molar-refractivity contribution in [3.05, 3.63) is 57.6 Å². The van der Waals surface area contributed by atoms with Gasteiger partial charge in [0, 0.05) is 15.7 Å². The normalized spacial score (nSPS) is 10.4. The number of carbonyl (C=O) groups is 1. The van der Waals surface area contributed by atoms with Gasteiger partial charge in [-0.25, -0.2) is 0 Å². The molecule has 23 heavy (non-hydrogen) atoms.